The van der Waals surface area contributed by atoms with Crippen molar-refractivity contribution in [1.29, 1.82) is 0 Å². The Bertz CT molecular complexity index is 807. The number of halogens is 2. The number of carbonyl (C=O) groups is 2. The van der Waals surface area contributed by atoms with E-state index in [1.807, 2.05) is 0 Å². The van der Waals surface area contributed by atoms with Crippen molar-refractivity contribution < 1.29 is 23.8 Å². The van der Waals surface area contributed by atoms with Gasteiger partial charge in [0, 0.05) is 10.6 Å². The minimum Gasteiger partial charge on any atom is -0.459 e. The zero-order valence-electron chi connectivity index (χ0n) is 12.9. The summed E-state index contributed by atoms with van der Waals surface area (Å²) in [6.07, 6.45) is 0. The van der Waals surface area contributed by atoms with E-state index in [9.17, 15) is 9.59 Å². The maximum atomic E-state index is 11.9. The molecule has 1 aliphatic rings. The van der Waals surface area contributed by atoms with Crippen LogP contribution in [0.3, 0.4) is 0 Å². The van der Waals surface area contributed by atoms with E-state index in [-0.39, 0.29) is 25.9 Å². The molecule has 1 N–H and O–H groups in total. The van der Waals surface area contributed by atoms with Crippen molar-refractivity contribution in [2.75, 3.05) is 13.3 Å². The molecule has 6 nitrogen and oxygen atoms in total. The van der Waals surface area contributed by atoms with Gasteiger partial charge in [0.15, 0.2) is 11.5 Å². The van der Waals surface area contributed by atoms with Crippen LogP contribution in [0.5, 0.6) is 11.5 Å². The van der Waals surface area contributed by atoms with Crippen LogP contribution in [-0.4, -0.2) is 25.2 Å². The van der Waals surface area contributed by atoms with Crippen LogP contribution in [0, 0.1) is 0 Å². The molecular weight excluding hydrogens is 369 g/mol. The zero-order valence-corrected chi connectivity index (χ0v) is 14.4. The minimum atomic E-state index is -0.573. The average Bonchev–Trinajstić information content (AvgIpc) is 3.07. The summed E-state index contributed by atoms with van der Waals surface area (Å²) < 4.78 is 15.6. The molecule has 1 heterocycles. The van der Waals surface area contributed by atoms with Crippen LogP contribution >= 0.6 is 23.2 Å². The van der Waals surface area contributed by atoms with E-state index in [4.69, 9.17) is 37.4 Å². The van der Waals surface area contributed by atoms with Gasteiger partial charge in [-0.15, -0.1) is 0 Å². The van der Waals surface area contributed by atoms with Crippen LogP contribution in [-0.2, 0) is 16.1 Å². The molecule has 1 aliphatic heterocycles. The first-order valence-electron chi connectivity index (χ1n) is 7.30. The summed E-state index contributed by atoms with van der Waals surface area (Å²) in [5.41, 5.74) is 1.06. The number of nitrogens with one attached hydrogen (secondary N) is 1. The second kappa shape index (κ2) is 7.63. The first-order chi connectivity index (χ1) is 12.0. The van der Waals surface area contributed by atoms with E-state index in [1.54, 1.807) is 36.4 Å². The molecule has 3 rings (SSSR count). The Hall–Kier alpha value is -2.44. The molecule has 0 fully saturated rings. The summed E-state index contributed by atoms with van der Waals surface area (Å²) in [6, 6.07) is 9.65. The standard InChI is InChI=1S/C17H13Cl2NO5/c18-12-3-1-11(2-4-12)17(22)20-7-15(21)23-8-10-5-13(19)16-14(6-10)24-9-25-16/h1-6H,7-9H2,(H,20,22). The number of hydrogen-bond acceptors (Lipinski definition) is 5. The number of hydrogen-bond donors (Lipinski definition) is 1. The van der Waals surface area contributed by atoms with Crippen LogP contribution in [0.25, 0.3) is 0 Å². The number of carbonyl (C=O) groups excluding carboxylic acids is 2. The molecule has 0 atom stereocenters. The van der Waals surface area contributed by atoms with Crippen molar-refractivity contribution in [2.45, 2.75) is 6.61 Å². The van der Waals surface area contributed by atoms with Crippen LogP contribution < -0.4 is 14.8 Å². The highest BCUT2D eigenvalue weighted by Crippen LogP contribution is 2.39. The zero-order chi connectivity index (χ0) is 17.8. The van der Waals surface area contributed by atoms with Crippen molar-refractivity contribution in [1.82, 2.24) is 5.32 Å². The topological polar surface area (TPSA) is 73.9 Å². The van der Waals surface area contributed by atoms with Gasteiger partial charge in [0.2, 0.25) is 6.79 Å². The van der Waals surface area contributed by atoms with E-state index in [2.05, 4.69) is 5.32 Å². The highest BCUT2D eigenvalue weighted by Gasteiger charge is 2.18. The molecule has 0 radical (unpaired) electrons. The number of fused-ring (bicyclic) bond motifs is 1. The normalized spacial score (nSPS) is 11.9. The molecule has 0 aliphatic carbocycles. The fourth-order valence-electron chi connectivity index (χ4n) is 2.17. The third-order valence-corrected chi connectivity index (χ3v) is 3.92. The van der Waals surface area contributed by atoms with Crippen molar-refractivity contribution in [3.8, 4) is 11.5 Å². The van der Waals surface area contributed by atoms with Crippen molar-refractivity contribution in [2.24, 2.45) is 0 Å². The summed E-state index contributed by atoms with van der Waals surface area (Å²) in [7, 11) is 0. The molecule has 0 saturated carbocycles. The maximum Gasteiger partial charge on any atom is 0.325 e. The predicted molar refractivity (Wildman–Crippen MR) is 91.2 cm³/mol. The van der Waals surface area contributed by atoms with Gasteiger partial charge in [0.05, 0.1) is 5.02 Å². The summed E-state index contributed by atoms with van der Waals surface area (Å²) in [4.78, 5) is 23.7. The minimum absolute atomic E-state index is 0.00596. The Morgan fingerprint density at radius 3 is 2.64 bits per heavy atom. The monoisotopic (exact) mass is 381 g/mol. The van der Waals surface area contributed by atoms with Gasteiger partial charge < -0.3 is 19.5 Å². The van der Waals surface area contributed by atoms with E-state index < -0.39 is 5.97 Å². The predicted octanol–water partition coefficient (Wildman–Crippen LogP) is 3.20. The van der Waals surface area contributed by atoms with Gasteiger partial charge in [0.25, 0.3) is 5.91 Å². The van der Waals surface area contributed by atoms with E-state index in [1.165, 1.54) is 0 Å². The number of benzene rings is 2. The van der Waals surface area contributed by atoms with Gasteiger partial charge in [-0.1, -0.05) is 23.2 Å². The second-order valence-corrected chi connectivity index (χ2v) is 6.01. The van der Waals surface area contributed by atoms with Gasteiger partial charge in [-0.2, -0.15) is 0 Å². The molecule has 0 saturated heterocycles. The number of amides is 1. The molecule has 2 aromatic rings. The highest BCUT2D eigenvalue weighted by atomic mass is 35.5. The SMILES string of the molecule is O=C(CNC(=O)c1ccc(Cl)cc1)OCc1cc(Cl)c2c(c1)OCO2. The van der Waals surface area contributed by atoms with Crippen LogP contribution in [0.1, 0.15) is 15.9 Å². The highest BCUT2D eigenvalue weighted by molar-refractivity contribution is 6.32. The van der Waals surface area contributed by atoms with Gasteiger partial charge in [0.1, 0.15) is 13.2 Å². The number of esters is 1. The lowest BCUT2D eigenvalue weighted by Gasteiger charge is -2.08. The quantitative estimate of drug-likeness (QED) is 0.804. The molecule has 1 amide bonds. The smallest absolute Gasteiger partial charge is 0.325 e. The molecular formula is C17H13Cl2NO5. The lowest BCUT2D eigenvalue weighted by Crippen LogP contribution is -2.30. The fourth-order valence-corrected chi connectivity index (χ4v) is 2.59. The Kier molecular flexibility index (Phi) is 5.31. The Balaban J connectivity index is 1.49. The van der Waals surface area contributed by atoms with Gasteiger partial charge >= 0.3 is 5.97 Å². The first-order valence-corrected chi connectivity index (χ1v) is 8.06. The van der Waals surface area contributed by atoms with Crippen molar-refractivity contribution in [3.05, 3.63) is 57.6 Å². The molecule has 0 unspecified atom stereocenters. The average molecular weight is 382 g/mol. The fraction of sp³-hybridized carbons (Fsp3) is 0.176. The first kappa shape index (κ1) is 17.4. The largest absolute Gasteiger partial charge is 0.459 e. The number of ether oxygens (including phenoxy) is 3. The van der Waals surface area contributed by atoms with E-state index in [0.717, 1.165) is 0 Å². The van der Waals surface area contributed by atoms with Gasteiger partial charge in [-0.25, -0.2) is 0 Å². The van der Waals surface area contributed by atoms with Crippen LogP contribution in [0.15, 0.2) is 36.4 Å². The summed E-state index contributed by atoms with van der Waals surface area (Å²) in [6.45, 7) is -0.138. The van der Waals surface area contributed by atoms with E-state index >= 15 is 0 Å². The third kappa shape index (κ3) is 4.35. The summed E-state index contributed by atoms with van der Waals surface area (Å²) in [5, 5.41) is 3.39. The molecule has 0 aromatic heterocycles. The second-order valence-electron chi connectivity index (χ2n) is 5.16. The summed E-state index contributed by atoms with van der Waals surface area (Å²) in [5.74, 6) is 0.0254. The molecule has 0 bridgehead atoms. The lowest BCUT2D eigenvalue weighted by molar-refractivity contribution is -0.143. The maximum absolute atomic E-state index is 11.9. The Morgan fingerprint density at radius 1 is 1.12 bits per heavy atom. The molecule has 2 aromatic carbocycles. The van der Waals surface area contributed by atoms with Crippen molar-refractivity contribution >= 4 is 35.1 Å². The molecule has 130 valence electrons. The molecule has 25 heavy (non-hydrogen) atoms. The van der Waals surface area contributed by atoms with Crippen molar-refractivity contribution in [3.63, 3.8) is 0 Å². The summed E-state index contributed by atoms with van der Waals surface area (Å²) >= 11 is 11.8. The van der Waals surface area contributed by atoms with E-state index in [0.29, 0.717) is 32.7 Å². The number of rotatable bonds is 5. The van der Waals surface area contributed by atoms with Crippen LogP contribution in [0.2, 0.25) is 10.0 Å². The van der Waals surface area contributed by atoms with Gasteiger partial charge in [-0.3, -0.25) is 9.59 Å². The molecule has 0 spiro atoms. The van der Waals surface area contributed by atoms with Crippen LogP contribution in [0.4, 0.5) is 0 Å². The Morgan fingerprint density at radius 2 is 1.88 bits per heavy atom. The lowest BCUT2D eigenvalue weighted by atomic mass is 10.2. The third-order valence-electron chi connectivity index (χ3n) is 3.39. The van der Waals surface area contributed by atoms with Gasteiger partial charge in [-0.05, 0) is 42.0 Å². The Labute approximate surface area is 153 Å². The molecule has 8 heteroatoms.